The van der Waals surface area contributed by atoms with E-state index in [2.05, 4.69) is 4.99 Å². The summed E-state index contributed by atoms with van der Waals surface area (Å²) in [6.45, 7) is 6.52. The van der Waals surface area contributed by atoms with E-state index >= 15 is 0 Å². The van der Waals surface area contributed by atoms with Crippen LogP contribution in [0.1, 0.15) is 37.6 Å². The number of nitrogens with two attached hydrogens (primary N) is 1. The number of nitrogens with zero attached hydrogens (tertiary/aromatic N) is 3. The molecule has 14 heteroatoms. The van der Waals surface area contributed by atoms with Crippen molar-refractivity contribution in [1.29, 1.82) is 0 Å². The number of hydrogen-bond donors (Lipinski definition) is 1. The lowest BCUT2D eigenvalue weighted by Gasteiger charge is -2.34. The Hall–Kier alpha value is -2.91. The first-order valence-electron chi connectivity index (χ1n) is 12.3. The van der Waals surface area contributed by atoms with Crippen LogP contribution in [0, 0.1) is 11.8 Å². The summed E-state index contributed by atoms with van der Waals surface area (Å²) in [7, 11) is -7.68. The van der Waals surface area contributed by atoms with E-state index in [1.54, 1.807) is 6.92 Å². The molecule has 1 amide bonds. The number of carbonyl (C=O) groups excluding carboxylic acids is 2. The van der Waals surface area contributed by atoms with Gasteiger partial charge in [0, 0.05) is 18.7 Å². The fourth-order valence-electron chi connectivity index (χ4n) is 4.68. The van der Waals surface area contributed by atoms with E-state index in [-0.39, 0.29) is 45.1 Å². The van der Waals surface area contributed by atoms with Crippen molar-refractivity contribution in [2.75, 3.05) is 19.7 Å². The molecule has 1 fully saturated rings. The molecule has 210 valence electrons. The van der Waals surface area contributed by atoms with Crippen molar-refractivity contribution in [3.8, 4) is 0 Å². The fourth-order valence-corrected chi connectivity index (χ4v) is 8.04. The largest absolute Gasteiger partial charge is 0.465 e. The number of esters is 1. The van der Waals surface area contributed by atoms with Crippen molar-refractivity contribution in [2.45, 2.75) is 43.5 Å². The molecule has 11 nitrogen and oxygen atoms in total. The highest BCUT2D eigenvalue weighted by Crippen LogP contribution is 2.27. The number of ether oxygens (including phenoxy) is 1. The summed E-state index contributed by atoms with van der Waals surface area (Å²) >= 11 is 1.01. The van der Waals surface area contributed by atoms with E-state index in [1.807, 2.05) is 13.8 Å². The Kier molecular flexibility index (Phi) is 8.42. The molecule has 0 bridgehead atoms. The summed E-state index contributed by atoms with van der Waals surface area (Å²) in [6.07, 6.45) is 0.970. The Balaban J connectivity index is 1.69. The Morgan fingerprint density at radius 1 is 1.03 bits per heavy atom. The average molecular weight is 595 g/mol. The molecule has 1 aliphatic heterocycles. The lowest BCUT2D eigenvalue weighted by atomic mass is 9.94. The third-order valence-corrected chi connectivity index (χ3v) is 10.1. The van der Waals surface area contributed by atoms with E-state index in [9.17, 15) is 26.4 Å². The van der Waals surface area contributed by atoms with Gasteiger partial charge in [0.15, 0.2) is 4.80 Å². The number of fused-ring (bicyclic) bond motifs is 1. The fraction of sp³-hybridized carbons (Fsp3) is 0.400. The lowest BCUT2D eigenvalue weighted by Crippen LogP contribution is -2.42. The van der Waals surface area contributed by atoms with E-state index < -0.39 is 31.9 Å². The highest BCUT2D eigenvalue weighted by atomic mass is 32.2. The van der Waals surface area contributed by atoms with Gasteiger partial charge in [0.05, 0.1) is 26.6 Å². The Labute approximate surface area is 231 Å². The number of amides is 1. The van der Waals surface area contributed by atoms with Gasteiger partial charge in [0.1, 0.15) is 6.54 Å². The molecule has 0 spiro atoms. The number of primary sulfonamides is 1. The van der Waals surface area contributed by atoms with Crippen molar-refractivity contribution in [3.63, 3.8) is 0 Å². The first-order chi connectivity index (χ1) is 18.3. The van der Waals surface area contributed by atoms with Gasteiger partial charge in [-0.3, -0.25) is 9.59 Å². The quantitative estimate of drug-likeness (QED) is 0.411. The van der Waals surface area contributed by atoms with E-state index in [4.69, 9.17) is 9.88 Å². The zero-order valence-corrected chi connectivity index (χ0v) is 24.2. The van der Waals surface area contributed by atoms with Crippen molar-refractivity contribution in [1.82, 2.24) is 8.87 Å². The second kappa shape index (κ2) is 11.3. The zero-order chi connectivity index (χ0) is 28.5. The minimum Gasteiger partial charge on any atom is -0.465 e. The van der Waals surface area contributed by atoms with Crippen LogP contribution in [0.15, 0.2) is 57.2 Å². The van der Waals surface area contributed by atoms with Gasteiger partial charge in [-0.05, 0) is 67.6 Å². The minimum absolute atomic E-state index is 0.0927. The average Bonchev–Trinajstić information content (AvgIpc) is 3.19. The highest BCUT2D eigenvalue weighted by Gasteiger charge is 2.31. The molecule has 2 N–H and O–H groups in total. The Bertz CT molecular complexity index is 1680. The summed E-state index contributed by atoms with van der Waals surface area (Å²) in [5.74, 6) is -0.703. The van der Waals surface area contributed by atoms with Crippen LogP contribution in [-0.2, 0) is 36.1 Å². The molecule has 1 aromatic heterocycles. The first kappa shape index (κ1) is 29.1. The number of thiazole rings is 1. The second-order valence-electron chi connectivity index (χ2n) is 9.66. The minimum atomic E-state index is -3.97. The molecule has 2 atom stereocenters. The molecule has 4 rings (SSSR count). The van der Waals surface area contributed by atoms with Gasteiger partial charge < -0.3 is 9.30 Å². The van der Waals surface area contributed by atoms with Gasteiger partial charge in [-0.2, -0.15) is 9.30 Å². The first-order valence-corrected chi connectivity index (χ1v) is 16.1. The predicted molar refractivity (Wildman–Crippen MR) is 146 cm³/mol. The molecule has 0 saturated carbocycles. The highest BCUT2D eigenvalue weighted by molar-refractivity contribution is 7.89. The summed E-state index contributed by atoms with van der Waals surface area (Å²) in [5.41, 5.74) is 0.623. The van der Waals surface area contributed by atoms with Gasteiger partial charge >= 0.3 is 5.97 Å². The molecule has 0 radical (unpaired) electrons. The van der Waals surface area contributed by atoms with Gasteiger partial charge in [-0.25, -0.2) is 22.0 Å². The third kappa shape index (κ3) is 6.47. The smallest absolute Gasteiger partial charge is 0.326 e. The van der Waals surface area contributed by atoms with Crippen LogP contribution in [0.3, 0.4) is 0 Å². The van der Waals surface area contributed by atoms with Gasteiger partial charge in [-0.1, -0.05) is 25.2 Å². The molecular weight excluding hydrogens is 564 g/mol. The standard InChI is InChI=1S/C25H30N4O7S3/c1-4-36-23(30)15-29-21-10-9-20(38(26,32)33)12-22(21)37-25(29)27-24(31)18-5-7-19(8-6-18)39(34,35)28-13-16(2)11-17(3)14-28/h5-10,12,16-17H,4,11,13-15H2,1-3H3,(H2,26,32,33). The summed E-state index contributed by atoms with van der Waals surface area (Å²) < 4.78 is 58.4. The summed E-state index contributed by atoms with van der Waals surface area (Å²) in [6, 6.07) is 9.71. The Morgan fingerprint density at radius 3 is 2.23 bits per heavy atom. The number of carbonyl (C=O) groups is 2. The second-order valence-corrected chi connectivity index (χ2v) is 14.2. The molecular formula is C25H30N4O7S3. The zero-order valence-electron chi connectivity index (χ0n) is 21.7. The van der Waals surface area contributed by atoms with Crippen LogP contribution in [0.2, 0.25) is 0 Å². The third-order valence-electron chi connectivity index (χ3n) is 6.35. The maximum atomic E-state index is 13.2. The van der Waals surface area contributed by atoms with Crippen LogP contribution < -0.4 is 9.94 Å². The van der Waals surface area contributed by atoms with Crippen molar-refractivity contribution in [2.24, 2.45) is 22.0 Å². The molecule has 2 heterocycles. The van der Waals surface area contributed by atoms with Gasteiger partial charge in [-0.15, -0.1) is 0 Å². The number of aromatic nitrogens is 1. The number of benzene rings is 2. The van der Waals surface area contributed by atoms with E-state index in [0.29, 0.717) is 23.3 Å². The van der Waals surface area contributed by atoms with E-state index in [1.165, 1.54) is 51.3 Å². The lowest BCUT2D eigenvalue weighted by molar-refractivity contribution is -0.143. The number of piperidine rings is 1. The van der Waals surface area contributed by atoms with Crippen LogP contribution in [0.5, 0.6) is 0 Å². The van der Waals surface area contributed by atoms with Crippen LogP contribution in [0.4, 0.5) is 0 Å². The van der Waals surface area contributed by atoms with Crippen molar-refractivity contribution >= 4 is 53.5 Å². The van der Waals surface area contributed by atoms with Crippen LogP contribution in [0.25, 0.3) is 10.2 Å². The van der Waals surface area contributed by atoms with Crippen LogP contribution in [-0.4, -0.2) is 57.3 Å². The number of sulfonamides is 2. The number of hydrogen-bond acceptors (Lipinski definition) is 8. The SMILES string of the molecule is CCOC(=O)Cn1c(=NC(=O)c2ccc(S(=O)(=O)N3CC(C)CC(C)C3)cc2)sc2cc(S(N)(=O)=O)ccc21. The summed E-state index contributed by atoms with van der Waals surface area (Å²) in [4.78, 5) is 29.6. The molecule has 1 aliphatic rings. The monoisotopic (exact) mass is 594 g/mol. The van der Waals surface area contributed by atoms with Gasteiger partial charge in [0.25, 0.3) is 5.91 Å². The maximum absolute atomic E-state index is 13.2. The number of rotatable bonds is 7. The molecule has 2 unspecified atom stereocenters. The molecule has 3 aromatic rings. The molecule has 0 aliphatic carbocycles. The molecule has 39 heavy (non-hydrogen) atoms. The molecule has 1 saturated heterocycles. The van der Waals surface area contributed by atoms with Crippen LogP contribution >= 0.6 is 11.3 Å². The molecule has 2 aromatic carbocycles. The maximum Gasteiger partial charge on any atom is 0.326 e. The van der Waals surface area contributed by atoms with E-state index in [0.717, 1.165) is 17.8 Å². The topological polar surface area (TPSA) is 158 Å². The summed E-state index contributed by atoms with van der Waals surface area (Å²) in [5, 5.41) is 5.25. The van der Waals surface area contributed by atoms with Crippen molar-refractivity contribution < 1.29 is 31.2 Å². The normalized spacial score (nSPS) is 19.3. The van der Waals surface area contributed by atoms with Gasteiger partial charge in [0.2, 0.25) is 20.0 Å². The Morgan fingerprint density at radius 2 is 1.64 bits per heavy atom. The predicted octanol–water partition coefficient (Wildman–Crippen LogP) is 2.32. The van der Waals surface area contributed by atoms with Crippen molar-refractivity contribution in [3.05, 3.63) is 52.8 Å².